The second kappa shape index (κ2) is 7.94. The molecule has 0 spiro atoms. The van der Waals surface area contributed by atoms with Gasteiger partial charge in [-0.3, -0.25) is 9.59 Å². The summed E-state index contributed by atoms with van der Waals surface area (Å²) in [6.45, 7) is 2.56. The number of hydrogen-bond donors (Lipinski definition) is 1. The van der Waals surface area contributed by atoms with Crippen LogP contribution < -0.4 is 0 Å². The number of sulfonamides is 1. The lowest BCUT2D eigenvalue weighted by Gasteiger charge is -2.27. The molecule has 1 aliphatic rings. The number of benzene rings is 1. The number of ether oxygens (including phenoxy) is 1. The minimum Gasteiger partial charge on any atom is -0.481 e. The summed E-state index contributed by atoms with van der Waals surface area (Å²) in [5.41, 5.74) is 0.0362. The molecule has 2 rings (SSSR count). The van der Waals surface area contributed by atoms with Crippen molar-refractivity contribution in [2.75, 3.05) is 39.9 Å². The first-order chi connectivity index (χ1) is 11.7. The van der Waals surface area contributed by atoms with Gasteiger partial charge in [0.25, 0.3) is 5.91 Å². The lowest BCUT2D eigenvalue weighted by atomic mass is 10.1. The highest BCUT2D eigenvalue weighted by molar-refractivity contribution is 7.89. The van der Waals surface area contributed by atoms with E-state index in [1.807, 2.05) is 0 Å². The van der Waals surface area contributed by atoms with Crippen LogP contribution in [0.1, 0.15) is 17.3 Å². The molecule has 0 saturated carbocycles. The van der Waals surface area contributed by atoms with Crippen molar-refractivity contribution >= 4 is 21.9 Å². The molecule has 25 heavy (non-hydrogen) atoms. The van der Waals surface area contributed by atoms with Gasteiger partial charge in [0.15, 0.2) is 0 Å². The molecule has 1 aromatic carbocycles. The van der Waals surface area contributed by atoms with Crippen molar-refractivity contribution in [3.63, 3.8) is 0 Å². The van der Waals surface area contributed by atoms with Crippen molar-refractivity contribution in [2.45, 2.75) is 11.8 Å². The first-order valence-corrected chi connectivity index (χ1v) is 9.34. The summed E-state index contributed by atoms with van der Waals surface area (Å²) in [6.07, 6.45) is 0. The molecule has 1 saturated heterocycles. The zero-order valence-electron chi connectivity index (χ0n) is 14.2. The summed E-state index contributed by atoms with van der Waals surface area (Å²) in [6, 6.07) is 5.98. The van der Waals surface area contributed by atoms with Crippen LogP contribution in [-0.2, 0) is 19.6 Å². The molecule has 1 atom stereocenters. The van der Waals surface area contributed by atoms with Gasteiger partial charge in [-0.05, 0) is 12.1 Å². The van der Waals surface area contributed by atoms with Crippen LogP contribution in [0.5, 0.6) is 0 Å². The van der Waals surface area contributed by atoms with Crippen LogP contribution in [0, 0.1) is 5.92 Å². The quantitative estimate of drug-likeness (QED) is 0.782. The van der Waals surface area contributed by atoms with Crippen molar-refractivity contribution in [3.05, 3.63) is 29.8 Å². The molecule has 0 bridgehead atoms. The Hall–Kier alpha value is -1.97. The third-order valence-electron chi connectivity index (χ3n) is 4.02. The molecule has 1 aromatic rings. The number of carbonyl (C=O) groups is 2. The van der Waals surface area contributed by atoms with Gasteiger partial charge in [0.05, 0.1) is 29.6 Å². The predicted octanol–water partition coefficient (Wildman–Crippen LogP) is 0.500. The molecular weight excluding hydrogens is 348 g/mol. The molecule has 8 nitrogen and oxygen atoms in total. The minimum absolute atomic E-state index is 0.0138. The normalized spacial score (nSPS) is 17.0. The van der Waals surface area contributed by atoms with E-state index >= 15 is 0 Å². The Kier molecular flexibility index (Phi) is 6.15. The monoisotopic (exact) mass is 370 g/mol. The molecule has 9 heteroatoms. The topological polar surface area (TPSA) is 104 Å². The lowest BCUT2D eigenvalue weighted by molar-refractivity contribution is -0.141. The van der Waals surface area contributed by atoms with E-state index in [0.717, 1.165) is 0 Å². The molecule has 1 unspecified atom stereocenters. The maximum Gasteiger partial charge on any atom is 0.308 e. The summed E-state index contributed by atoms with van der Waals surface area (Å²) in [7, 11) is -2.37. The summed E-state index contributed by atoms with van der Waals surface area (Å²) >= 11 is 0. The number of carboxylic acid groups (broad SMARTS) is 1. The SMILES string of the molecule is CC(CN(C)C(=O)c1ccccc1S(=O)(=O)N1CCOCC1)C(=O)O. The van der Waals surface area contributed by atoms with Crippen LogP contribution in [0.2, 0.25) is 0 Å². The van der Waals surface area contributed by atoms with Crippen molar-refractivity contribution in [2.24, 2.45) is 5.92 Å². The number of aliphatic carboxylic acids is 1. The largest absolute Gasteiger partial charge is 0.481 e. The molecule has 1 amide bonds. The van der Waals surface area contributed by atoms with Crippen LogP contribution in [-0.4, -0.2) is 74.5 Å². The van der Waals surface area contributed by atoms with Crippen LogP contribution in [0.15, 0.2) is 29.2 Å². The van der Waals surface area contributed by atoms with E-state index in [2.05, 4.69) is 0 Å². The van der Waals surface area contributed by atoms with Crippen molar-refractivity contribution in [1.29, 1.82) is 0 Å². The molecule has 1 N–H and O–H groups in total. The summed E-state index contributed by atoms with van der Waals surface area (Å²) in [4.78, 5) is 24.8. The van der Waals surface area contributed by atoms with Crippen molar-refractivity contribution < 1.29 is 27.9 Å². The van der Waals surface area contributed by atoms with Crippen LogP contribution in [0.4, 0.5) is 0 Å². The number of hydrogen-bond acceptors (Lipinski definition) is 5. The van der Waals surface area contributed by atoms with Crippen LogP contribution in [0.25, 0.3) is 0 Å². The van der Waals surface area contributed by atoms with Gasteiger partial charge in [-0.25, -0.2) is 8.42 Å². The van der Waals surface area contributed by atoms with Gasteiger partial charge in [-0.15, -0.1) is 0 Å². The first-order valence-electron chi connectivity index (χ1n) is 7.90. The maximum absolute atomic E-state index is 12.9. The smallest absolute Gasteiger partial charge is 0.308 e. The number of amides is 1. The fraction of sp³-hybridized carbons (Fsp3) is 0.500. The van der Waals surface area contributed by atoms with Gasteiger partial charge in [-0.1, -0.05) is 19.1 Å². The summed E-state index contributed by atoms with van der Waals surface area (Å²) < 4.78 is 32.2. The van der Waals surface area contributed by atoms with E-state index in [9.17, 15) is 18.0 Å². The van der Waals surface area contributed by atoms with E-state index in [0.29, 0.717) is 13.2 Å². The fourth-order valence-corrected chi connectivity index (χ4v) is 4.16. The Morgan fingerprint density at radius 2 is 1.88 bits per heavy atom. The number of rotatable bonds is 6. The number of morpholine rings is 1. The van der Waals surface area contributed by atoms with E-state index in [-0.39, 0.29) is 30.1 Å². The van der Waals surface area contributed by atoms with E-state index in [1.165, 1.54) is 35.3 Å². The average molecular weight is 370 g/mol. The third-order valence-corrected chi connectivity index (χ3v) is 5.98. The molecule has 1 fully saturated rings. The molecule has 0 radical (unpaired) electrons. The predicted molar refractivity (Wildman–Crippen MR) is 89.8 cm³/mol. The third kappa shape index (κ3) is 4.36. The second-order valence-corrected chi connectivity index (χ2v) is 7.84. The van der Waals surface area contributed by atoms with E-state index in [1.54, 1.807) is 12.1 Å². The highest BCUT2D eigenvalue weighted by atomic mass is 32.2. The van der Waals surface area contributed by atoms with Gasteiger partial charge < -0.3 is 14.7 Å². The molecule has 0 aliphatic carbocycles. The molecule has 1 heterocycles. The highest BCUT2D eigenvalue weighted by Gasteiger charge is 2.31. The fourth-order valence-electron chi connectivity index (χ4n) is 2.57. The van der Waals surface area contributed by atoms with E-state index in [4.69, 9.17) is 9.84 Å². The minimum atomic E-state index is -3.83. The average Bonchev–Trinajstić information content (AvgIpc) is 2.61. The van der Waals surface area contributed by atoms with Crippen LogP contribution >= 0.6 is 0 Å². The molecule has 1 aliphatic heterocycles. The van der Waals surface area contributed by atoms with Gasteiger partial charge >= 0.3 is 5.97 Å². The standard InChI is InChI=1S/C16H22N2O6S/c1-12(16(20)21)11-17(2)15(19)13-5-3-4-6-14(13)25(22,23)18-7-9-24-10-8-18/h3-6,12H,7-11H2,1-2H3,(H,20,21). The Morgan fingerprint density at radius 3 is 2.48 bits per heavy atom. The van der Waals surface area contributed by atoms with Crippen molar-refractivity contribution in [1.82, 2.24) is 9.21 Å². The van der Waals surface area contributed by atoms with Crippen LogP contribution in [0.3, 0.4) is 0 Å². The highest BCUT2D eigenvalue weighted by Crippen LogP contribution is 2.22. The van der Waals surface area contributed by atoms with E-state index < -0.39 is 27.8 Å². The first kappa shape index (κ1) is 19.4. The Bertz CT molecular complexity index is 743. The zero-order valence-corrected chi connectivity index (χ0v) is 15.0. The van der Waals surface area contributed by atoms with Gasteiger partial charge in [0, 0.05) is 26.7 Å². The maximum atomic E-state index is 12.9. The zero-order chi connectivity index (χ0) is 18.6. The lowest BCUT2D eigenvalue weighted by Crippen LogP contribution is -2.41. The molecule has 138 valence electrons. The Morgan fingerprint density at radius 1 is 1.28 bits per heavy atom. The van der Waals surface area contributed by atoms with Gasteiger partial charge in [-0.2, -0.15) is 4.31 Å². The van der Waals surface area contributed by atoms with Gasteiger partial charge in [0.2, 0.25) is 10.0 Å². The second-order valence-electron chi connectivity index (χ2n) is 5.94. The van der Waals surface area contributed by atoms with Crippen molar-refractivity contribution in [3.8, 4) is 0 Å². The summed E-state index contributed by atoms with van der Waals surface area (Å²) in [5, 5.41) is 8.98. The number of nitrogens with zero attached hydrogens (tertiary/aromatic N) is 2. The number of carboxylic acids is 1. The summed E-state index contributed by atoms with van der Waals surface area (Å²) in [5.74, 6) is -2.30. The van der Waals surface area contributed by atoms with Gasteiger partial charge in [0.1, 0.15) is 0 Å². The Balaban J connectivity index is 2.31. The Labute approximate surface area is 147 Å². The molecule has 0 aromatic heterocycles. The number of carbonyl (C=O) groups excluding carboxylic acids is 1. The molecular formula is C16H22N2O6S.